The molecule has 14 heteroatoms. The van der Waals surface area contributed by atoms with Crippen molar-refractivity contribution in [2.45, 2.75) is 84.0 Å². The maximum Gasteiger partial charge on any atom is 0.387 e. The minimum atomic E-state index is -3.09. The number of aliphatic carboxylic acids is 1. The van der Waals surface area contributed by atoms with Crippen molar-refractivity contribution in [1.82, 2.24) is 19.8 Å². The lowest BCUT2D eigenvalue weighted by Crippen LogP contribution is -2.52. The highest BCUT2D eigenvalue weighted by molar-refractivity contribution is 5.86. The third-order valence-corrected chi connectivity index (χ3v) is 12.5. The van der Waals surface area contributed by atoms with Gasteiger partial charge in [-0.25, -0.2) is 18.7 Å². The van der Waals surface area contributed by atoms with Crippen LogP contribution in [0.3, 0.4) is 0 Å². The molecule has 1 spiro atoms. The van der Waals surface area contributed by atoms with Crippen molar-refractivity contribution in [3.63, 3.8) is 0 Å². The Morgan fingerprint density at radius 1 is 0.915 bits per heavy atom. The van der Waals surface area contributed by atoms with E-state index in [9.17, 15) is 32.7 Å². The van der Waals surface area contributed by atoms with Crippen molar-refractivity contribution < 1.29 is 41.0 Å². The third kappa shape index (κ3) is 7.31. The first-order valence-electron chi connectivity index (χ1n) is 19.8. The van der Waals surface area contributed by atoms with Crippen LogP contribution in [0.25, 0.3) is 56.2 Å². The van der Waals surface area contributed by atoms with E-state index in [1.807, 2.05) is 62.4 Å². The number of nitriles is 1. The Hall–Kier alpha value is -5.78. The summed E-state index contributed by atoms with van der Waals surface area (Å²) in [6, 6.07) is 19.9. The van der Waals surface area contributed by atoms with E-state index in [2.05, 4.69) is 11.0 Å². The number of fused-ring (bicyclic) bond motifs is 2. The molecule has 3 aliphatic rings. The van der Waals surface area contributed by atoms with Crippen LogP contribution < -0.4 is 4.74 Å². The van der Waals surface area contributed by atoms with Crippen molar-refractivity contribution in [3.05, 3.63) is 88.5 Å². The zero-order chi connectivity index (χ0) is 41.2. The second-order valence-electron chi connectivity index (χ2n) is 16.4. The number of ether oxygens (including phenoxy) is 1. The molecule has 6 aromatic rings. The number of halogens is 4. The quantitative estimate of drug-likeness (QED) is 0.134. The smallest absolute Gasteiger partial charge is 0.387 e. The summed E-state index contributed by atoms with van der Waals surface area (Å²) < 4.78 is 71.7. The Balaban J connectivity index is 0.996. The van der Waals surface area contributed by atoms with Crippen LogP contribution in [0.1, 0.15) is 66.3 Å². The molecule has 3 fully saturated rings. The number of piperidine rings is 1. The van der Waals surface area contributed by atoms with Crippen molar-refractivity contribution in [2.75, 3.05) is 19.6 Å². The van der Waals surface area contributed by atoms with E-state index in [0.717, 1.165) is 59.3 Å². The molecule has 304 valence electrons. The van der Waals surface area contributed by atoms with Gasteiger partial charge in [-0.1, -0.05) is 24.3 Å². The van der Waals surface area contributed by atoms with Gasteiger partial charge in [-0.2, -0.15) is 14.0 Å². The fraction of sp³-hybridized carbons (Fsp3) is 0.378. The van der Waals surface area contributed by atoms with E-state index in [0.29, 0.717) is 65.1 Å². The van der Waals surface area contributed by atoms with Gasteiger partial charge >= 0.3 is 12.6 Å². The van der Waals surface area contributed by atoms with Gasteiger partial charge in [-0.3, -0.25) is 14.6 Å². The van der Waals surface area contributed by atoms with Crippen molar-refractivity contribution in [1.29, 1.82) is 5.26 Å². The molecular weight excluding hydrogens is 767 g/mol. The number of carboxylic acids is 1. The van der Waals surface area contributed by atoms with E-state index in [-0.39, 0.29) is 42.0 Å². The largest absolute Gasteiger partial charge is 0.480 e. The molecule has 0 bridgehead atoms. The number of oxazole rings is 2. The average molecular weight is 808 g/mol. The first kappa shape index (κ1) is 38.7. The molecule has 2 aliphatic heterocycles. The molecule has 2 aromatic heterocycles. The van der Waals surface area contributed by atoms with Gasteiger partial charge in [0.1, 0.15) is 28.9 Å². The topological polar surface area (TPSA) is 129 Å². The fourth-order valence-corrected chi connectivity index (χ4v) is 9.50. The molecule has 9 rings (SSSR count). The number of rotatable bonds is 10. The average Bonchev–Trinajstić information content (AvgIpc) is 3.94. The normalized spacial score (nSPS) is 19.1. The summed E-state index contributed by atoms with van der Waals surface area (Å²) in [5.74, 6) is -2.93. The predicted molar refractivity (Wildman–Crippen MR) is 211 cm³/mol. The molecule has 59 heavy (non-hydrogen) atoms. The number of aromatic nitrogens is 2. The van der Waals surface area contributed by atoms with E-state index in [1.165, 1.54) is 6.07 Å². The van der Waals surface area contributed by atoms with Crippen LogP contribution in [-0.2, 0) is 17.9 Å². The standard InChI is InChI=1S/C45H41F4N5O5/c1-25-30(6-3-8-32(25)40-51-34-18-29(22-54-13-5-10-36(54)42(55)56)37(58-43(46)47)19-38(34)57-40)31-7-4-9-33(26(31)2)41-52-35-17-27(16-28(20-50)39(35)59-41)21-53-14-11-44(12-15-53)23-45(48,49)24-44/h3-4,6-9,16-19,36,43H,5,10-15,21-24H2,1-2H3,(H,55,56)/t36-/m0/s1. The molecule has 4 aromatic carbocycles. The van der Waals surface area contributed by atoms with Crippen molar-refractivity contribution in [2.24, 2.45) is 5.41 Å². The highest BCUT2D eigenvalue weighted by Crippen LogP contribution is 2.57. The lowest BCUT2D eigenvalue weighted by Gasteiger charge is -2.51. The minimum absolute atomic E-state index is 0.0194. The first-order valence-corrected chi connectivity index (χ1v) is 19.8. The number of nitrogens with zero attached hydrogens (tertiary/aromatic N) is 5. The van der Waals surface area contributed by atoms with Crippen LogP contribution in [0, 0.1) is 30.6 Å². The van der Waals surface area contributed by atoms with Gasteiger partial charge in [-0.05, 0) is 123 Å². The monoisotopic (exact) mass is 807 g/mol. The molecule has 10 nitrogen and oxygen atoms in total. The molecule has 0 radical (unpaired) electrons. The van der Waals surface area contributed by atoms with E-state index >= 15 is 0 Å². The number of carbonyl (C=O) groups is 1. The molecular formula is C45H41F4N5O5. The first-order chi connectivity index (χ1) is 28.3. The molecule has 2 saturated heterocycles. The van der Waals surface area contributed by atoms with Crippen LogP contribution in [0.5, 0.6) is 5.75 Å². The van der Waals surface area contributed by atoms with Gasteiger partial charge in [0.25, 0.3) is 0 Å². The van der Waals surface area contributed by atoms with Crippen LogP contribution in [-0.4, -0.2) is 69.1 Å². The van der Waals surface area contributed by atoms with Gasteiger partial charge in [0.2, 0.25) is 17.7 Å². The Morgan fingerprint density at radius 2 is 1.56 bits per heavy atom. The van der Waals surface area contributed by atoms with Gasteiger partial charge < -0.3 is 18.7 Å². The predicted octanol–water partition coefficient (Wildman–Crippen LogP) is 10.1. The van der Waals surface area contributed by atoms with E-state index < -0.39 is 24.5 Å². The number of carboxylic acid groups (broad SMARTS) is 1. The zero-order valence-corrected chi connectivity index (χ0v) is 32.5. The number of alkyl halides is 4. The van der Waals surface area contributed by atoms with Gasteiger partial charge in [0.05, 0.1) is 5.56 Å². The summed E-state index contributed by atoms with van der Waals surface area (Å²) in [6.07, 6.45) is 2.61. The zero-order valence-electron chi connectivity index (χ0n) is 32.5. The summed E-state index contributed by atoms with van der Waals surface area (Å²) in [7, 11) is 0. The SMILES string of the molecule is Cc1c(-c2nc3cc(CN4CCC[C@H]4C(=O)O)c(OC(F)F)cc3o2)cccc1-c1cccc(-c2nc3cc(CN4CCC5(CC4)CC(F)(F)C5)cc(C#N)c3o2)c1C. The Morgan fingerprint density at radius 3 is 2.19 bits per heavy atom. The van der Waals surface area contributed by atoms with Crippen molar-refractivity contribution in [3.8, 4) is 45.9 Å². The lowest BCUT2D eigenvalue weighted by molar-refractivity contribution is -0.178. The molecule has 1 aliphatic carbocycles. The molecule has 0 amide bonds. The maximum atomic E-state index is 13.7. The second-order valence-corrected chi connectivity index (χ2v) is 16.4. The van der Waals surface area contributed by atoms with Crippen LogP contribution in [0.15, 0.2) is 69.5 Å². The lowest BCUT2D eigenvalue weighted by atomic mass is 9.61. The molecule has 4 heterocycles. The summed E-state index contributed by atoms with van der Waals surface area (Å²) in [4.78, 5) is 25.4. The van der Waals surface area contributed by atoms with Gasteiger partial charge in [0, 0.05) is 48.7 Å². The summed E-state index contributed by atoms with van der Waals surface area (Å²) >= 11 is 0. The van der Waals surface area contributed by atoms with Crippen LogP contribution in [0.2, 0.25) is 0 Å². The number of likely N-dealkylation sites (tertiary alicyclic amines) is 2. The van der Waals surface area contributed by atoms with Crippen molar-refractivity contribution >= 4 is 28.2 Å². The Labute approximate surface area is 337 Å². The maximum absolute atomic E-state index is 13.7. The number of hydrogen-bond donors (Lipinski definition) is 1. The van der Waals surface area contributed by atoms with E-state index in [4.69, 9.17) is 23.5 Å². The second kappa shape index (κ2) is 14.8. The number of benzene rings is 4. The van der Waals surface area contributed by atoms with Crippen LogP contribution in [0.4, 0.5) is 17.6 Å². The van der Waals surface area contributed by atoms with Crippen LogP contribution >= 0.6 is 0 Å². The summed E-state index contributed by atoms with van der Waals surface area (Å²) in [6.45, 7) is 3.50. The Kier molecular flexibility index (Phi) is 9.71. The molecule has 1 saturated carbocycles. The molecule has 1 N–H and O–H groups in total. The highest BCUT2D eigenvalue weighted by atomic mass is 19.3. The van der Waals surface area contributed by atoms with Gasteiger partial charge in [-0.15, -0.1) is 0 Å². The number of hydrogen-bond acceptors (Lipinski definition) is 9. The summed E-state index contributed by atoms with van der Waals surface area (Å²) in [5, 5.41) is 19.8. The fourth-order valence-electron chi connectivity index (χ4n) is 9.50. The van der Waals surface area contributed by atoms with E-state index in [1.54, 1.807) is 11.0 Å². The Bertz CT molecular complexity index is 2650. The third-order valence-electron chi connectivity index (χ3n) is 12.5. The molecule has 0 unspecified atom stereocenters. The molecule has 1 atom stereocenters. The highest BCUT2D eigenvalue weighted by Gasteiger charge is 2.56. The summed E-state index contributed by atoms with van der Waals surface area (Å²) in [5.41, 5.74) is 8.04. The van der Waals surface area contributed by atoms with Gasteiger partial charge in [0.15, 0.2) is 11.2 Å². The minimum Gasteiger partial charge on any atom is -0.480 e.